The Morgan fingerprint density at radius 2 is 1.76 bits per heavy atom. The van der Waals surface area contributed by atoms with Gasteiger partial charge in [0.1, 0.15) is 17.3 Å². The monoisotopic (exact) mass is 412 g/mol. The minimum atomic E-state index is -0.336. The molecular weight excluding hydrogens is 391 g/mol. The Balaban J connectivity index is 0.00000240. The lowest BCUT2D eigenvalue weighted by Crippen LogP contribution is -2.16. The lowest BCUT2D eigenvalue weighted by molar-refractivity contribution is 0.308. The van der Waals surface area contributed by atoms with E-state index in [1.165, 1.54) is 17.7 Å². The SMILES string of the molecule is Cl.Fc1ccc2c(-c3ccc(OCCCNCc4ccccc4)cc3)noc2c1. The van der Waals surface area contributed by atoms with Gasteiger partial charge < -0.3 is 14.6 Å². The zero-order valence-electron chi connectivity index (χ0n) is 15.8. The third-order valence-corrected chi connectivity index (χ3v) is 4.50. The fourth-order valence-electron chi connectivity index (χ4n) is 3.04. The molecule has 4 rings (SSSR count). The van der Waals surface area contributed by atoms with Gasteiger partial charge in [0.05, 0.1) is 6.61 Å². The van der Waals surface area contributed by atoms with Crippen LogP contribution in [0.5, 0.6) is 5.75 Å². The standard InChI is InChI=1S/C23H21FN2O2.ClH/c24-19-9-12-21-22(15-19)28-26-23(21)18-7-10-20(11-8-18)27-14-4-13-25-16-17-5-2-1-3-6-17;/h1-3,5-12,15,25H,4,13-14,16H2;1H. The number of halogens is 2. The van der Waals surface area contributed by atoms with Crippen LogP contribution in [0.15, 0.2) is 77.3 Å². The van der Waals surface area contributed by atoms with Crippen molar-refractivity contribution < 1.29 is 13.7 Å². The summed E-state index contributed by atoms with van der Waals surface area (Å²) in [5.41, 5.74) is 3.33. The molecule has 1 aromatic heterocycles. The van der Waals surface area contributed by atoms with Crippen LogP contribution >= 0.6 is 12.4 Å². The Labute approximate surface area is 175 Å². The van der Waals surface area contributed by atoms with Crippen LogP contribution in [-0.4, -0.2) is 18.3 Å². The van der Waals surface area contributed by atoms with Crippen LogP contribution in [0.1, 0.15) is 12.0 Å². The number of hydrogen-bond acceptors (Lipinski definition) is 4. The van der Waals surface area contributed by atoms with Crippen molar-refractivity contribution >= 4 is 23.4 Å². The molecule has 0 aliphatic heterocycles. The maximum Gasteiger partial charge on any atom is 0.170 e. The van der Waals surface area contributed by atoms with Crippen molar-refractivity contribution in [1.29, 1.82) is 0 Å². The smallest absolute Gasteiger partial charge is 0.170 e. The molecule has 4 aromatic rings. The predicted octanol–water partition coefficient (Wildman–Crippen LogP) is 5.61. The number of aromatic nitrogens is 1. The highest BCUT2D eigenvalue weighted by Gasteiger charge is 2.11. The normalized spacial score (nSPS) is 10.7. The zero-order chi connectivity index (χ0) is 19.2. The first-order chi connectivity index (χ1) is 13.8. The van der Waals surface area contributed by atoms with E-state index in [0.29, 0.717) is 17.9 Å². The molecule has 1 N–H and O–H groups in total. The molecule has 0 aliphatic carbocycles. The summed E-state index contributed by atoms with van der Waals surface area (Å²) in [6, 6.07) is 22.5. The van der Waals surface area contributed by atoms with Gasteiger partial charge in [-0.25, -0.2) is 4.39 Å². The molecular formula is C23H22ClFN2O2. The second-order valence-corrected chi connectivity index (χ2v) is 6.56. The Morgan fingerprint density at radius 1 is 0.966 bits per heavy atom. The van der Waals surface area contributed by atoms with Crippen LogP contribution in [0.25, 0.3) is 22.2 Å². The molecule has 0 bridgehead atoms. The topological polar surface area (TPSA) is 47.3 Å². The average Bonchev–Trinajstić information content (AvgIpc) is 3.15. The lowest BCUT2D eigenvalue weighted by atomic mass is 10.1. The van der Waals surface area contributed by atoms with Crippen molar-refractivity contribution in [2.45, 2.75) is 13.0 Å². The van der Waals surface area contributed by atoms with E-state index in [-0.39, 0.29) is 18.2 Å². The molecule has 0 atom stereocenters. The fourth-order valence-corrected chi connectivity index (χ4v) is 3.04. The number of rotatable bonds is 8. The number of nitrogens with one attached hydrogen (secondary N) is 1. The number of nitrogens with zero attached hydrogens (tertiary/aromatic N) is 1. The number of benzene rings is 3. The van der Waals surface area contributed by atoms with Gasteiger partial charge in [0.2, 0.25) is 0 Å². The Bertz CT molecular complexity index is 1040. The van der Waals surface area contributed by atoms with E-state index >= 15 is 0 Å². The van der Waals surface area contributed by atoms with Crippen molar-refractivity contribution in [2.75, 3.05) is 13.2 Å². The molecule has 4 nitrogen and oxygen atoms in total. The Morgan fingerprint density at radius 3 is 2.55 bits per heavy atom. The van der Waals surface area contributed by atoms with E-state index in [0.717, 1.165) is 36.2 Å². The first kappa shape index (κ1) is 20.8. The van der Waals surface area contributed by atoms with Crippen LogP contribution in [0.3, 0.4) is 0 Å². The number of fused-ring (bicyclic) bond motifs is 1. The largest absolute Gasteiger partial charge is 0.494 e. The molecule has 0 saturated carbocycles. The molecule has 0 radical (unpaired) electrons. The van der Waals surface area contributed by atoms with Gasteiger partial charge >= 0.3 is 0 Å². The first-order valence-electron chi connectivity index (χ1n) is 9.32. The van der Waals surface area contributed by atoms with Crippen molar-refractivity contribution in [2.24, 2.45) is 0 Å². The Hall–Kier alpha value is -2.89. The van der Waals surface area contributed by atoms with Gasteiger partial charge in [0, 0.05) is 23.6 Å². The molecule has 1 heterocycles. The van der Waals surface area contributed by atoms with E-state index in [1.54, 1.807) is 6.07 Å². The fraction of sp³-hybridized carbons (Fsp3) is 0.174. The molecule has 0 aliphatic rings. The summed E-state index contributed by atoms with van der Waals surface area (Å²) in [6.45, 7) is 2.41. The minimum absolute atomic E-state index is 0. The molecule has 6 heteroatoms. The minimum Gasteiger partial charge on any atom is -0.494 e. The van der Waals surface area contributed by atoms with Crippen molar-refractivity contribution in [3.63, 3.8) is 0 Å². The van der Waals surface area contributed by atoms with Crippen LogP contribution in [0.4, 0.5) is 4.39 Å². The predicted molar refractivity (Wildman–Crippen MR) is 115 cm³/mol. The molecule has 0 spiro atoms. The van der Waals surface area contributed by atoms with E-state index in [1.807, 2.05) is 42.5 Å². The maximum absolute atomic E-state index is 13.3. The highest BCUT2D eigenvalue weighted by atomic mass is 35.5. The van der Waals surface area contributed by atoms with Gasteiger partial charge in [-0.1, -0.05) is 35.5 Å². The van der Waals surface area contributed by atoms with Crippen molar-refractivity contribution in [1.82, 2.24) is 10.5 Å². The summed E-state index contributed by atoms with van der Waals surface area (Å²) in [4.78, 5) is 0. The van der Waals surface area contributed by atoms with Gasteiger partial charge in [-0.15, -0.1) is 12.4 Å². The van der Waals surface area contributed by atoms with Crippen LogP contribution < -0.4 is 10.1 Å². The molecule has 0 fully saturated rings. The van der Waals surface area contributed by atoms with Gasteiger partial charge in [-0.2, -0.15) is 0 Å². The van der Waals surface area contributed by atoms with Gasteiger partial charge in [0.25, 0.3) is 0 Å². The van der Waals surface area contributed by atoms with Crippen LogP contribution in [0, 0.1) is 5.82 Å². The summed E-state index contributed by atoms with van der Waals surface area (Å²) >= 11 is 0. The van der Waals surface area contributed by atoms with Crippen molar-refractivity contribution in [3.8, 4) is 17.0 Å². The molecule has 3 aromatic carbocycles. The number of hydrogen-bond donors (Lipinski definition) is 1. The van der Waals surface area contributed by atoms with E-state index in [2.05, 4.69) is 22.6 Å². The van der Waals surface area contributed by atoms with Crippen LogP contribution in [0.2, 0.25) is 0 Å². The van der Waals surface area contributed by atoms with Gasteiger partial charge in [-0.05, 0) is 54.9 Å². The van der Waals surface area contributed by atoms with E-state index < -0.39 is 0 Å². The molecule has 0 amide bonds. The average molecular weight is 413 g/mol. The number of ether oxygens (including phenoxy) is 1. The highest BCUT2D eigenvalue weighted by Crippen LogP contribution is 2.29. The quantitative estimate of drug-likeness (QED) is 0.382. The molecule has 29 heavy (non-hydrogen) atoms. The summed E-state index contributed by atoms with van der Waals surface area (Å²) in [5, 5.41) is 8.27. The van der Waals surface area contributed by atoms with Crippen molar-refractivity contribution in [3.05, 3.63) is 84.2 Å². The van der Waals surface area contributed by atoms with E-state index in [4.69, 9.17) is 9.26 Å². The summed E-state index contributed by atoms with van der Waals surface area (Å²) in [7, 11) is 0. The zero-order valence-corrected chi connectivity index (χ0v) is 16.6. The summed E-state index contributed by atoms with van der Waals surface area (Å²) in [5.74, 6) is 0.475. The Kier molecular flexibility index (Phi) is 7.22. The maximum atomic E-state index is 13.3. The molecule has 0 unspecified atom stereocenters. The second kappa shape index (κ2) is 10.0. The highest BCUT2D eigenvalue weighted by molar-refractivity contribution is 5.91. The van der Waals surface area contributed by atoms with Gasteiger partial charge in [-0.3, -0.25) is 0 Å². The van der Waals surface area contributed by atoms with Gasteiger partial charge in [0.15, 0.2) is 5.58 Å². The third-order valence-electron chi connectivity index (χ3n) is 4.50. The second-order valence-electron chi connectivity index (χ2n) is 6.56. The first-order valence-corrected chi connectivity index (χ1v) is 9.32. The third kappa shape index (κ3) is 5.34. The summed E-state index contributed by atoms with van der Waals surface area (Å²) < 4.78 is 24.3. The van der Waals surface area contributed by atoms with Crippen LogP contribution in [-0.2, 0) is 6.54 Å². The molecule has 150 valence electrons. The lowest BCUT2D eigenvalue weighted by Gasteiger charge is -2.08. The summed E-state index contributed by atoms with van der Waals surface area (Å²) in [6.07, 6.45) is 0.925. The molecule has 0 saturated heterocycles. The van der Waals surface area contributed by atoms with E-state index in [9.17, 15) is 4.39 Å².